The topological polar surface area (TPSA) is 143 Å². The molecule has 0 unspecified atom stereocenters. The molecule has 0 spiro atoms. The molecule has 0 saturated heterocycles. The van der Waals surface area contributed by atoms with Gasteiger partial charge in [-0.2, -0.15) is 5.10 Å². The quantitative estimate of drug-likeness (QED) is 0.137. The number of carbonyl (C=O) groups excluding carboxylic acids is 2. The fourth-order valence-electron chi connectivity index (χ4n) is 5.99. The Balaban J connectivity index is 1.23. The van der Waals surface area contributed by atoms with Crippen LogP contribution in [0.3, 0.4) is 0 Å². The number of aromatic nitrogens is 2. The second kappa shape index (κ2) is 16.1. The van der Waals surface area contributed by atoms with Crippen LogP contribution < -0.4 is 24.2 Å². The number of anilines is 1. The van der Waals surface area contributed by atoms with Gasteiger partial charge in [-0.3, -0.25) is 9.48 Å². The smallest absolute Gasteiger partial charge is 0.241 e. The van der Waals surface area contributed by atoms with E-state index in [1.807, 2.05) is 77.6 Å². The minimum atomic E-state index is -4.13. The second-order valence-corrected chi connectivity index (χ2v) is 15.6. The van der Waals surface area contributed by atoms with Gasteiger partial charge in [-0.05, 0) is 74.1 Å². The first kappa shape index (κ1) is 37.5. The molecule has 12 nitrogen and oxygen atoms in total. The fourth-order valence-corrected chi connectivity index (χ4v) is 7.28. The number of benzene rings is 3. The summed E-state index contributed by atoms with van der Waals surface area (Å²) >= 11 is 0. The third-order valence-corrected chi connectivity index (χ3v) is 10.4. The third-order valence-electron chi connectivity index (χ3n) is 8.90. The molecule has 5 rings (SSSR count). The summed E-state index contributed by atoms with van der Waals surface area (Å²) < 4.78 is 43.1. The zero-order valence-electron chi connectivity index (χ0n) is 29.9. The van der Waals surface area contributed by atoms with Crippen LogP contribution in [0.15, 0.2) is 78.0 Å². The van der Waals surface area contributed by atoms with E-state index in [1.54, 1.807) is 27.9 Å². The molecule has 1 N–H and O–H groups in total. The van der Waals surface area contributed by atoms with Crippen LogP contribution in [0.1, 0.15) is 42.4 Å². The minimum absolute atomic E-state index is 0.00335. The van der Waals surface area contributed by atoms with Crippen molar-refractivity contribution in [2.45, 2.75) is 57.0 Å². The summed E-state index contributed by atoms with van der Waals surface area (Å²) in [5.41, 5.74) is 5.18. The lowest BCUT2D eigenvalue weighted by Crippen LogP contribution is -2.48. The van der Waals surface area contributed by atoms with Crippen LogP contribution in [0.5, 0.6) is 11.5 Å². The molecule has 1 aliphatic rings. The molecule has 1 atom stereocenters. The molecule has 0 radical (unpaired) electrons. The van der Waals surface area contributed by atoms with Crippen LogP contribution >= 0.6 is 0 Å². The Morgan fingerprint density at radius 1 is 1.06 bits per heavy atom. The van der Waals surface area contributed by atoms with Gasteiger partial charge in [0.25, 0.3) is 0 Å². The summed E-state index contributed by atoms with van der Waals surface area (Å²) in [6.45, 7) is 6.26. The van der Waals surface area contributed by atoms with E-state index < -0.39 is 22.0 Å². The van der Waals surface area contributed by atoms with Crippen LogP contribution in [0.4, 0.5) is 5.69 Å². The molecule has 51 heavy (non-hydrogen) atoms. The zero-order chi connectivity index (χ0) is 36.8. The molecule has 3 aromatic carbocycles. The highest BCUT2D eigenvalue weighted by Gasteiger charge is 2.27. The van der Waals surface area contributed by atoms with Crippen molar-refractivity contribution < 1.29 is 37.1 Å². The van der Waals surface area contributed by atoms with Crippen molar-refractivity contribution in [1.29, 1.82) is 0 Å². The van der Waals surface area contributed by atoms with Crippen molar-refractivity contribution in [3.8, 4) is 22.6 Å². The van der Waals surface area contributed by atoms with Crippen LogP contribution in [0.2, 0.25) is 0 Å². The Labute approximate surface area is 300 Å². The number of aliphatic carboxylic acids is 1. The Kier molecular flexibility index (Phi) is 11.8. The van der Waals surface area contributed by atoms with E-state index in [0.29, 0.717) is 67.0 Å². The minimum Gasteiger partial charge on any atom is -0.548 e. The number of fused-ring (bicyclic) bond motifs is 1. The number of rotatable bonds is 16. The average Bonchev–Trinajstić information content (AvgIpc) is 3.55. The number of nitrogens with zero attached hydrogens (tertiary/aromatic N) is 4. The highest BCUT2D eigenvalue weighted by molar-refractivity contribution is 7.89. The van der Waals surface area contributed by atoms with Crippen molar-refractivity contribution >= 4 is 27.6 Å². The van der Waals surface area contributed by atoms with E-state index in [1.165, 1.54) is 12.1 Å². The van der Waals surface area contributed by atoms with Crippen molar-refractivity contribution in [3.63, 3.8) is 0 Å². The number of carboxylic acids is 1. The van der Waals surface area contributed by atoms with Crippen LogP contribution in [-0.4, -0.2) is 88.0 Å². The number of carbonyl (C=O) groups is 2. The SMILES string of the molecule is Cc1cccc(OCCCC(=O)N2CCOc3c(-c4cnn(Cc5cccc(S(=O)(=O)N[C@@H](CCC[N+](C)(C)C)C(=O)[O-])c5)c4)cccc32)c1C. The van der Waals surface area contributed by atoms with E-state index in [0.717, 1.165) is 28.0 Å². The lowest BCUT2D eigenvalue weighted by Gasteiger charge is -2.31. The molecule has 2 heterocycles. The number of nitrogens with one attached hydrogen (secondary N) is 1. The molecule has 1 amide bonds. The molecule has 272 valence electrons. The summed E-state index contributed by atoms with van der Waals surface area (Å²) in [4.78, 5) is 26.8. The number of hydrogen-bond donors (Lipinski definition) is 1. The highest BCUT2D eigenvalue weighted by Crippen LogP contribution is 2.41. The number of amides is 1. The van der Waals surface area contributed by atoms with Gasteiger partial charge < -0.3 is 28.8 Å². The molecule has 13 heteroatoms. The van der Waals surface area contributed by atoms with Gasteiger partial charge in [-0.25, -0.2) is 13.1 Å². The molecular weight excluding hydrogens is 671 g/mol. The summed E-state index contributed by atoms with van der Waals surface area (Å²) in [6.07, 6.45) is 5.09. The van der Waals surface area contributed by atoms with Gasteiger partial charge in [0, 0.05) is 23.7 Å². The van der Waals surface area contributed by atoms with Crippen LogP contribution in [0, 0.1) is 13.8 Å². The van der Waals surface area contributed by atoms with Crippen molar-refractivity contribution in [3.05, 3.63) is 89.7 Å². The Morgan fingerprint density at radius 3 is 2.59 bits per heavy atom. The van der Waals surface area contributed by atoms with Gasteiger partial charge in [0.1, 0.15) is 12.4 Å². The van der Waals surface area contributed by atoms with Crippen molar-refractivity contribution in [2.24, 2.45) is 0 Å². The van der Waals surface area contributed by atoms with E-state index in [4.69, 9.17) is 9.47 Å². The number of carboxylic acid groups (broad SMARTS) is 1. The predicted octanol–water partition coefficient (Wildman–Crippen LogP) is 3.68. The molecule has 0 fully saturated rings. The Hall–Kier alpha value is -4.72. The van der Waals surface area contributed by atoms with E-state index in [2.05, 4.69) is 9.82 Å². The number of ether oxygens (including phenoxy) is 2. The van der Waals surface area contributed by atoms with E-state index in [9.17, 15) is 23.1 Å². The van der Waals surface area contributed by atoms with Crippen LogP contribution in [0.25, 0.3) is 11.1 Å². The molecule has 4 aromatic rings. The number of aryl methyl sites for hydroxylation is 1. The number of sulfonamides is 1. The molecule has 0 aliphatic carbocycles. The fraction of sp³-hybridized carbons (Fsp3) is 0.395. The lowest BCUT2D eigenvalue weighted by atomic mass is 10.1. The summed E-state index contributed by atoms with van der Waals surface area (Å²) in [5.74, 6) is -0.0242. The molecule has 1 aromatic heterocycles. The van der Waals surface area contributed by atoms with Crippen molar-refractivity contribution in [1.82, 2.24) is 14.5 Å². The second-order valence-electron chi connectivity index (χ2n) is 13.9. The first-order valence-electron chi connectivity index (χ1n) is 17.1. The Morgan fingerprint density at radius 2 is 1.82 bits per heavy atom. The monoisotopic (exact) mass is 717 g/mol. The van der Waals surface area contributed by atoms with Gasteiger partial charge >= 0.3 is 0 Å². The van der Waals surface area contributed by atoms with Crippen molar-refractivity contribution in [2.75, 3.05) is 52.3 Å². The molecule has 0 saturated carbocycles. The number of quaternary nitrogens is 1. The standard InChI is InChI=1S/C38H47N5O7S/c1-27-11-6-17-35(28(27)2)49-21-10-18-36(44)42-19-22-50-37-32(14-8-16-34(37)42)30-24-39-41(26-30)25-29-12-7-13-31(23-29)51(47,48)40-33(38(45)46)15-9-20-43(3,4)5/h6-8,11-14,16-17,23-24,26,33,40H,9-10,15,18-22,25H2,1-5H3/t33-/m0/s1. The molecular formula is C38H47N5O7S. The number of para-hydroxylation sites is 1. The average molecular weight is 718 g/mol. The summed E-state index contributed by atoms with van der Waals surface area (Å²) in [5, 5.41) is 16.3. The molecule has 1 aliphatic heterocycles. The first-order valence-corrected chi connectivity index (χ1v) is 18.6. The summed E-state index contributed by atoms with van der Waals surface area (Å²) in [6, 6.07) is 16.6. The summed E-state index contributed by atoms with van der Waals surface area (Å²) in [7, 11) is 1.82. The predicted molar refractivity (Wildman–Crippen MR) is 193 cm³/mol. The van der Waals surface area contributed by atoms with Gasteiger partial charge in [0.15, 0.2) is 5.75 Å². The maximum atomic E-state index is 13.3. The highest BCUT2D eigenvalue weighted by atomic mass is 32.2. The maximum absolute atomic E-state index is 13.3. The van der Waals surface area contributed by atoms with E-state index >= 15 is 0 Å². The largest absolute Gasteiger partial charge is 0.548 e. The Bertz CT molecular complexity index is 1970. The number of hydrogen-bond acceptors (Lipinski definition) is 8. The van der Waals surface area contributed by atoms with Gasteiger partial charge in [-0.15, -0.1) is 0 Å². The normalized spacial score (nSPS) is 13.7. The third kappa shape index (κ3) is 9.75. The first-order chi connectivity index (χ1) is 24.2. The van der Waals surface area contributed by atoms with Gasteiger partial charge in [0.2, 0.25) is 15.9 Å². The lowest BCUT2D eigenvalue weighted by molar-refractivity contribution is -0.870. The maximum Gasteiger partial charge on any atom is 0.241 e. The van der Waals surface area contributed by atoms with E-state index in [-0.39, 0.29) is 23.8 Å². The molecule has 0 bridgehead atoms. The van der Waals surface area contributed by atoms with Gasteiger partial charge in [-0.1, -0.05) is 36.4 Å². The zero-order valence-corrected chi connectivity index (χ0v) is 30.7. The van der Waals surface area contributed by atoms with Gasteiger partial charge in [0.05, 0.1) is 76.2 Å². The van der Waals surface area contributed by atoms with Crippen LogP contribution in [-0.2, 0) is 26.2 Å².